The molecule has 0 aliphatic heterocycles. The summed E-state index contributed by atoms with van der Waals surface area (Å²) in [7, 11) is 0. The summed E-state index contributed by atoms with van der Waals surface area (Å²) in [6, 6.07) is 11.3. The number of hydrogen-bond acceptors (Lipinski definition) is 3. The first-order valence-electron chi connectivity index (χ1n) is 7.41. The zero-order valence-corrected chi connectivity index (χ0v) is 13.5. The first-order chi connectivity index (χ1) is 11.4. The minimum atomic E-state index is -0.672. The first kappa shape index (κ1) is 17.4. The summed E-state index contributed by atoms with van der Waals surface area (Å²) in [5.41, 5.74) is 3.37. The Morgan fingerprint density at radius 1 is 1.12 bits per heavy atom. The van der Waals surface area contributed by atoms with Crippen molar-refractivity contribution in [3.63, 3.8) is 0 Å². The highest BCUT2D eigenvalue weighted by Crippen LogP contribution is 2.14. The standard InChI is InChI=1S/C19H18FNO3/c1-13-6-8-17(10-14(13)2)21-18(22)12-24-19(23)9-7-15-4-3-5-16(20)11-15/h3-11H,12H2,1-2H3,(H,21,22)/b9-7+. The van der Waals surface area contributed by atoms with Crippen LogP contribution in [0.3, 0.4) is 0 Å². The molecule has 0 saturated heterocycles. The molecular weight excluding hydrogens is 309 g/mol. The first-order valence-corrected chi connectivity index (χ1v) is 7.41. The Kier molecular flexibility index (Phi) is 5.84. The Morgan fingerprint density at radius 3 is 2.62 bits per heavy atom. The van der Waals surface area contributed by atoms with Crippen LogP contribution in [0.1, 0.15) is 16.7 Å². The van der Waals surface area contributed by atoms with Crippen LogP contribution < -0.4 is 5.32 Å². The number of anilines is 1. The van der Waals surface area contributed by atoms with Gasteiger partial charge in [0, 0.05) is 11.8 Å². The molecule has 2 aromatic carbocycles. The summed E-state index contributed by atoms with van der Waals surface area (Å²) in [6.07, 6.45) is 2.57. The molecule has 2 rings (SSSR count). The van der Waals surface area contributed by atoms with Crippen LogP contribution in [0.15, 0.2) is 48.5 Å². The van der Waals surface area contributed by atoms with E-state index in [0.29, 0.717) is 11.3 Å². The molecule has 0 spiro atoms. The molecule has 0 heterocycles. The van der Waals surface area contributed by atoms with Crippen LogP contribution in [0.4, 0.5) is 10.1 Å². The third-order valence-electron chi connectivity index (χ3n) is 3.40. The largest absolute Gasteiger partial charge is 0.452 e. The highest BCUT2D eigenvalue weighted by molar-refractivity contribution is 5.94. The van der Waals surface area contributed by atoms with Gasteiger partial charge in [0.05, 0.1) is 0 Å². The predicted octanol–water partition coefficient (Wildman–Crippen LogP) is 3.64. The molecule has 0 aliphatic carbocycles. The minimum absolute atomic E-state index is 0.390. The molecule has 124 valence electrons. The second-order valence-corrected chi connectivity index (χ2v) is 5.34. The van der Waals surface area contributed by atoms with E-state index < -0.39 is 17.7 Å². The Morgan fingerprint density at radius 2 is 1.92 bits per heavy atom. The summed E-state index contributed by atoms with van der Waals surface area (Å²) >= 11 is 0. The summed E-state index contributed by atoms with van der Waals surface area (Å²) in [4.78, 5) is 23.3. The molecule has 2 aromatic rings. The van der Waals surface area contributed by atoms with Gasteiger partial charge in [-0.3, -0.25) is 4.79 Å². The van der Waals surface area contributed by atoms with Crippen molar-refractivity contribution >= 4 is 23.6 Å². The van der Waals surface area contributed by atoms with Crippen molar-refractivity contribution in [1.82, 2.24) is 0 Å². The maximum absolute atomic E-state index is 13.0. The van der Waals surface area contributed by atoms with Crippen LogP contribution >= 0.6 is 0 Å². The van der Waals surface area contributed by atoms with Crippen molar-refractivity contribution in [2.45, 2.75) is 13.8 Å². The lowest BCUT2D eigenvalue weighted by Crippen LogP contribution is -2.20. The molecule has 0 aliphatic rings. The van der Waals surface area contributed by atoms with Crippen LogP contribution in [0.25, 0.3) is 6.08 Å². The molecule has 0 radical (unpaired) electrons. The van der Waals surface area contributed by atoms with E-state index in [1.807, 2.05) is 26.0 Å². The molecule has 0 unspecified atom stereocenters. The second kappa shape index (κ2) is 8.06. The Bertz CT molecular complexity index is 784. The number of ether oxygens (including phenoxy) is 1. The monoisotopic (exact) mass is 327 g/mol. The molecule has 5 heteroatoms. The van der Waals surface area contributed by atoms with Gasteiger partial charge in [0.25, 0.3) is 5.91 Å². The summed E-state index contributed by atoms with van der Waals surface area (Å²) in [5.74, 6) is -1.49. The number of halogens is 1. The van der Waals surface area contributed by atoms with E-state index in [-0.39, 0.29) is 6.61 Å². The highest BCUT2D eigenvalue weighted by Gasteiger charge is 2.06. The molecule has 0 saturated carbocycles. The second-order valence-electron chi connectivity index (χ2n) is 5.34. The third-order valence-corrected chi connectivity index (χ3v) is 3.40. The molecule has 0 bridgehead atoms. The number of carbonyl (C=O) groups is 2. The van der Waals surface area contributed by atoms with E-state index in [2.05, 4.69) is 5.32 Å². The minimum Gasteiger partial charge on any atom is -0.452 e. The molecule has 4 nitrogen and oxygen atoms in total. The van der Waals surface area contributed by atoms with Gasteiger partial charge in [-0.25, -0.2) is 9.18 Å². The van der Waals surface area contributed by atoms with Crippen molar-refractivity contribution in [1.29, 1.82) is 0 Å². The van der Waals surface area contributed by atoms with Crippen LogP contribution in [-0.2, 0) is 14.3 Å². The van der Waals surface area contributed by atoms with Crippen molar-refractivity contribution in [3.05, 3.63) is 71.0 Å². The van der Waals surface area contributed by atoms with E-state index in [1.54, 1.807) is 12.1 Å². The fourth-order valence-electron chi connectivity index (χ4n) is 1.98. The molecule has 24 heavy (non-hydrogen) atoms. The summed E-state index contributed by atoms with van der Waals surface area (Å²) in [6.45, 7) is 3.54. The Balaban J connectivity index is 1.82. The van der Waals surface area contributed by atoms with Gasteiger partial charge in [0.2, 0.25) is 0 Å². The van der Waals surface area contributed by atoms with Gasteiger partial charge in [-0.15, -0.1) is 0 Å². The van der Waals surface area contributed by atoms with Crippen molar-refractivity contribution < 1.29 is 18.7 Å². The molecule has 0 atom stereocenters. The lowest BCUT2D eigenvalue weighted by atomic mass is 10.1. The number of benzene rings is 2. The van der Waals surface area contributed by atoms with Crippen LogP contribution in [0.5, 0.6) is 0 Å². The van der Waals surface area contributed by atoms with Gasteiger partial charge in [0.1, 0.15) is 5.82 Å². The van der Waals surface area contributed by atoms with Gasteiger partial charge in [-0.05, 0) is 60.9 Å². The average molecular weight is 327 g/mol. The molecule has 1 amide bonds. The zero-order valence-electron chi connectivity index (χ0n) is 13.5. The third kappa shape index (κ3) is 5.35. The molecule has 0 aromatic heterocycles. The smallest absolute Gasteiger partial charge is 0.331 e. The molecule has 1 N–H and O–H groups in total. The Hall–Kier alpha value is -2.95. The lowest BCUT2D eigenvalue weighted by molar-refractivity contribution is -0.142. The van der Waals surface area contributed by atoms with E-state index in [9.17, 15) is 14.0 Å². The fourth-order valence-corrected chi connectivity index (χ4v) is 1.98. The SMILES string of the molecule is Cc1ccc(NC(=O)COC(=O)/C=C/c2cccc(F)c2)cc1C. The number of aryl methyl sites for hydroxylation is 2. The number of esters is 1. The van der Waals surface area contributed by atoms with E-state index in [4.69, 9.17) is 4.74 Å². The molecular formula is C19H18FNO3. The number of rotatable bonds is 5. The van der Waals surface area contributed by atoms with Gasteiger partial charge in [-0.1, -0.05) is 18.2 Å². The van der Waals surface area contributed by atoms with Crippen LogP contribution in [-0.4, -0.2) is 18.5 Å². The van der Waals surface area contributed by atoms with Gasteiger partial charge < -0.3 is 10.1 Å². The number of carbonyl (C=O) groups excluding carboxylic acids is 2. The van der Waals surface area contributed by atoms with Crippen LogP contribution in [0.2, 0.25) is 0 Å². The number of hydrogen-bond donors (Lipinski definition) is 1. The van der Waals surface area contributed by atoms with Crippen molar-refractivity contribution in [3.8, 4) is 0 Å². The van der Waals surface area contributed by atoms with E-state index >= 15 is 0 Å². The molecule has 0 fully saturated rings. The van der Waals surface area contributed by atoms with E-state index in [1.165, 1.54) is 24.3 Å². The predicted molar refractivity (Wildman–Crippen MR) is 90.9 cm³/mol. The van der Waals surface area contributed by atoms with E-state index in [0.717, 1.165) is 17.2 Å². The van der Waals surface area contributed by atoms with Crippen LogP contribution in [0, 0.1) is 19.7 Å². The zero-order chi connectivity index (χ0) is 17.5. The van der Waals surface area contributed by atoms with Gasteiger partial charge >= 0.3 is 5.97 Å². The quantitative estimate of drug-likeness (QED) is 0.674. The summed E-state index contributed by atoms with van der Waals surface area (Å²) in [5, 5.41) is 2.66. The summed E-state index contributed by atoms with van der Waals surface area (Å²) < 4.78 is 17.9. The topological polar surface area (TPSA) is 55.4 Å². The highest BCUT2D eigenvalue weighted by atomic mass is 19.1. The van der Waals surface area contributed by atoms with Gasteiger partial charge in [0.15, 0.2) is 6.61 Å². The van der Waals surface area contributed by atoms with Gasteiger partial charge in [-0.2, -0.15) is 0 Å². The fraction of sp³-hybridized carbons (Fsp3) is 0.158. The number of nitrogens with one attached hydrogen (secondary N) is 1. The maximum Gasteiger partial charge on any atom is 0.331 e. The Labute approximate surface area is 140 Å². The normalized spacial score (nSPS) is 10.6. The van der Waals surface area contributed by atoms with Crippen molar-refractivity contribution in [2.24, 2.45) is 0 Å². The van der Waals surface area contributed by atoms with Crippen molar-refractivity contribution in [2.75, 3.05) is 11.9 Å². The number of amides is 1. The average Bonchev–Trinajstić information content (AvgIpc) is 2.54. The maximum atomic E-state index is 13.0. The lowest BCUT2D eigenvalue weighted by Gasteiger charge is -2.07.